The van der Waals surface area contributed by atoms with Crippen LogP contribution < -0.4 is 10.9 Å². The summed E-state index contributed by atoms with van der Waals surface area (Å²) in [5.41, 5.74) is 2.50. The van der Waals surface area contributed by atoms with E-state index in [0.29, 0.717) is 29.2 Å². The smallest absolute Gasteiger partial charge is 0.458 e. The molecule has 2 amide bonds. The minimum absolute atomic E-state index is 0.138. The van der Waals surface area contributed by atoms with Gasteiger partial charge in [-0.05, 0) is 87.0 Å². The number of aromatic nitrogens is 3. The Morgan fingerprint density at radius 1 is 1.08 bits per heavy atom. The van der Waals surface area contributed by atoms with Crippen molar-refractivity contribution >= 4 is 35.7 Å². The van der Waals surface area contributed by atoms with Crippen LogP contribution in [0.4, 0.5) is 9.59 Å². The minimum Gasteiger partial charge on any atom is -0.458 e. The second-order valence-corrected chi connectivity index (χ2v) is 18.3. The Bertz CT molecular complexity index is 1890. The van der Waals surface area contributed by atoms with Crippen LogP contribution in [0.25, 0.3) is 11.3 Å². The van der Waals surface area contributed by atoms with E-state index >= 15 is 0 Å². The van der Waals surface area contributed by atoms with Crippen LogP contribution in [0.3, 0.4) is 0 Å². The lowest BCUT2D eigenvalue weighted by Crippen LogP contribution is -2.59. The molecule has 3 aliphatic rings. The molecule has 1 aromatic carbocycles. The number of likely N-dealkylation sites (N-methyl/N-ethyl adjacent to an activating group) is 2. The van der Waals surface area contributed by atoms with E-state index < -0.39 is 90.0 Å². The van der Waals surface area contributed by atoms with Gasteiger partial charge in [0.05, 0.1) is 34.9 Å². The van der Waals surface area contributed by atoms with Crippen molar-refractivity contribution < 1.29 is 57.8 Å². The molecule has 19 nitrogen and oxygen atoms in total. The molecule has 2 aromatic rings. The maximum atomic E-state index is 14.3. The summed E-state index contributed by atoms with van der Waals surface area (Å²) >= 11 is 6.29. The van der Waals surface area contributed by atoms with Gasteiger partial charge in [0, 0.05) is 30.1 Å². The molecular formula is C42H64ClN7O12. The normalized spacial score (nSPS) is 36.3. The molecule has 1 aromatic heterocycles. The third kappa shape index (κ3) is 11.2. The van der Waals surface area contributed by atoms with Gasteiger partial charge in [0.25, 0.3) is 5.91 Å². The van der Waals surface area contributed by atoms with Gasteiger partial charge in [-0.2, -0.15) is 0 Å². The molecule has 0 unspecified atom stereocenters. The quantitative estimate of drug-likeness (QED) is 0.169. The molecule has 5 rings (SSSR count). The molecule has 3 saturated heterocycles. The Balaban J connectivity index is 1.46. The Kier molecular flexibility index (Phi) is 15.9. The van der Waals surface area contributed by atoms with E-state index in [1.54, 1.807) is 52.0 Å². The van der Waals surface area contributed by atoms with Crippen molar-refractivity contribution in [2.45, 2.75) is 147 Å². The fourth-order valence-electron chi connectivity index (χ4n) is 9.17. The van der Waals surface area contributed by atoms with E-state index in [9.17, 15) is 29.4 Å². The molecule has 4 N–H and O–H groups in total. The van der Waals surface area contributed by atoms with E-state index in [2.05, 4.69) is 21.2 Å². The van der Waals surface area contributed by atoms with Gasteiger partial charge >= 0.3 is 18.2 Å². The fraction of sp³-hybridized carbons (Fsp3) is 0.714. The number of cyclic esters (lactones) is 1. The number of fused-ring (bicyclic) bond motifs is 1. The van der Waals surface area contributed by atoms with Crippen molar-refractivity contribution in [2.24, 2.45) is 17.8 Å². The van der Waals surface area contributed by atoms with Crippen molar-refractivity contribution in [3.63, 3.8) is 0 Å². The molecule has 4 heterocycles. The summed E-state index contributed by atoms with van der Waals surface area (Å²) in [7, 11) is 5.55. The molecule has 3 aliphatic heterocycles. The monoisotopic (exact) mass is 893 g/mol. The Labute approximate surface area is 367 Å². The standard InChI is InChI=1S/C42H64ClN7O12/c1-12-31-42(8)36(61-40(55)62-42)26(6)49(11)19-22(2)18-41(7,56)35(60-38-33(52)30(48(9)10)17-23(3)57-38)24(4)34(25(5)37(53)58-31)59-39(54)46-45-32(51)21-50-20-29(44-47-50)27-15-13-14-16-28(27)43/h13-16,20,22-26,30-31,33-36,38,52,56H,12,17-19,21H2,1-11H3,(H,45,51)(H,46,54)/t22-,23-,24+,25-,26-,30+,31-,33-,34+,35-,36-,38+,41-,42-/m1/s1. The number of aliphatic hydroxyl groups excluding tert-OH is 1. The number of nitrogens with one attached hydrogen (secondary N) is 2. The minimum atomic E-state index is -1.69. The van der Waals surface area contributed by atoms with Crippen LogP contribution in [0.2, 0.25) is 5.02 Å². The number of hydrogen-bond acceptors (Lipinski definition) is 16. The van der Waals surface area contributed by atoms with Crippen LogP contribution in [-0.2, 0) is 44.6 Å². The van der Waals surface area contributed by atoms with Crippen molar-refractivity contribution in [3.8, 4) is 11.3 Å². The van der Waals surface area contributed by atoms with E-state index in [-0.39, 0.29) is 37.5 Å². The van der Waals surface area contributed by atoms with Crippen LogP contribution in [0.15, 0.2) is 30.5 Å². The highest BCUT2D eigenvalue weighted by atomic mass is 35.5. The Hall–Kier alpha value is -4.11. The maximum absolute atomic E-state index is 14.3. The summed E-state index contributed by atoms with van der Waals surface area (Å²) < 4.78 is 37.7. The van der Waals surface area contributed by atoms with Crippen LogP contribution in [-0.4, -0.2) is 153 Å². The lowest BCUT2D eigenvalue weighted by atomic mass is 9.77. The Morgan fingerprint density at radius 3 is 2.44 bits per heavy atom. The number of amides is 2. The molecule has 0 bridgehead atoms. The van der Waals surface area contributed by atoms with Crippen LogP contribution in [0.5, 0.6) is 0 Å². The van der Waals surface area contributed by atoms with Crippen molar-refractivity contribution in [2.75, 3.05) is 27.7 Å². The number of halogens is 1. The van der Waals surface area contributed by atoms with Crippen molar-refractivity contribution in [1.82, 2.24) is 35.6 Å². The highest BCUT2D eigenvalue weighted by molar-refractivity contribution is 6.33. The van der Waals surface area contributed by atoms with Crippen LogP contribution >= 0.6 is 11.6 Å². The molecule has 3 fully saturated rings. The first kappa shape index (κ1) is 48.9. The molecular weight excluding hydrogens is 830 g/mol. The number of benzene rings is 1. The first-order valence-corrected chi connectivity index (χ1v) is 21.5. The number of hydrazine groups is 1. The van der Waals surface area contributed by atoms with E-state index in [1.807, 2.05) is 51.7 Å². The van der Waals surface area contributed by atoms with E-state index in [0.717, 1.165) is 0 Å². The molecule has 0 spiro atoms. The van der Waals surface area contributed by atoms with E-state index in [4.69, 9.17) is 40.0 Å². The lowest BCUT2D eigenvalue weighted by molar-refractivity contribution is -0.299. The van der Waals surface area contributed by atoms with Crippen LogP contribution in [0.1, 0.15) is 74.7 Å². The van der Waals surface area contributed by atoms with Gasteiger partial charge in [-0.25, -0.2) is 19.7 Å². The van der Waals surface area contributed by atoms with E-state index in [1.165, 1.54) is 17.8 Å². The highest BCUT2D eigenvalue weighted by Gasteiger charge is 2.58. The molecule has 346 valence electrons. The average Bonchev–Trinajstić information content (AvgIpc) is 3.79. The zero-order valence-corrected chi connectivity index (χ0v) is 38.2. The summed E-state index contributed by atoms with van der Waals surface area (Å²) in [6.45, 7) is 14.0. The summed E-state index contributed by atoms with van der Waals surface area (Å²) in [6.07, 6.45) is -6.76. The Morgan fingerprint density at radius 2 is 1.77 bits per heavy atom. The average molecular weight is 894 g/mol. The number of rotatable bonds is 8. The van der Waals surface area contributed by atoms with Gasteiger partial charge in [0.2, 0.25) is 0 Å². The summed E-state index contributed by atoms with van der Waals surface area (Å²) in [4.78, 5) is 57.6. The number of hydrogen-bond donors (Lipinski definition) is 4. The number of ether oxygens (including phenoxy) is 6. The second-order valence-electron chi connectivity index (χ2n) is 17.9. The molecule has 14 atom stereocenters. The molecule has 0 saturated carbocycles. The fourth-order valence-corrected chi connectivity index (χ4v) is 9.41. The van der Waals surface area contributed by atoms with Crippen molar-refractivity contribution in [1.29, 1.82) is 0 Å². The molecule has 0 aliphatic carbocycles. The topological polar surface area (TPSA) is 225 Å². The summed E-state index contributed by atoms with van der Waals surface area (Å²) in [6, 6.07) is 6.26. The van der Waals surface area contributed by atoms with Crippen molar-refractivity contribution in [3.05, 3.63) is 35.5 Å². The van der Waals surface area contributed by atoms with Gasteiger partial charge < -0.3 is 43.5 Å². The number of carbonyl (C=O) groups is 4. The summed E-state index contributed by atoms with van der Waals surface area (Å²) in [5, 5.41) is 32.6. The third-order valence-corrected chi connectivity index (χ3v) is 12.8. The van der Waals surface area contributed by atoms with Gasteiger partial charge in [0.1, 0.15) is 30.6 Å². The molecule has 20 heteroatoms. The highest BCUT2D eigenvalue weighted by Crippen LogP contribution is 2.40. The first-order valence-electron chi connectivity index (χ1n) is 21.1. The predicted molar refractivity (Wildman–Crippen MR) is 224 cm³/mol. The molecule has 0 radical (unpaired) electrons. The van der Waals surface area contributed by atoms with Gasteiger partial charge in [-0.1, -0.05) is 55.8 Å². The van der Waals surface area contributed by atoms with Gasteiger partial charge in [-0.15, -0.1) is 5.10 Å². The number of nitrogens with zero attached hydrogens (tertiary/aromatic N) is 5. The number of esters is 1. The van der Waals surface area contributed by atoms with Gasteiger partial charge in [-0.3, -0.25) is 19.9 Å². The zero-order chi connectivity index (χ0) is 45.8. The SMILES string of the molecule is CC[C@H]1OC(=O)[C@H](C)[C@@H](OC(=O)NNC(=O)Cn2cc(-c3ccccc3Cl)nn2)[C@H](C)[C@@H](O[C@@H]2O[C@H](C)C[C@H](N(C)C)[C@H]2O)[C@](C)(O)C[C@@H](C)CN(C)[C@H](C)[C@H]2OC(=O)O[C@@]21C. The lowest BCUT2D eigenvalue weighted by Gasteiger charge is -2.47. The number of aliphatic hydroxyl groups is 2. The largest absolute Gasteiger partial charge is 0.509 e. The number of carbonyl (C=O) groups excluding carboxylic acids is 4. The molecule has 62 heavy (non-hydrogen) atoms. The zero-order valence-electron chi connectivity index (χ0n) is 37.4. The van der Waals surface area contributed by atoms with Crippen LogP contribution in [0, 0.1) is 17.8 Å². The second kappa shape index (κ2) is 20.2. The summed E-state index contributed by atoms with van der Waals surface area (Å²) in [5.74, 6) is -3.95. The first-order chi connectivity index (χ1) is 29.1. The van der Waals surface area contributed by atoms with Gasteiger partial charge in [0.15, 0.2) is 18.0 Å². The maximum Gasteiger partial charge on any atom is 0.509 e. The third-order valence-electron chi connectivity index (χ3n) is 12.4. The predicted octanol–water partition coefficient (Wildman–Crippen LogP) is 3.53.